The van der Waals surface area contributed by atoms with Crippen LogP contribution in [0.25, 0.3) is 11.1 Å². The summed E-state index contributed by atoms with van der Waals surface area (Å²) in [6.45, 7) is 0.424. The number of H-pyrrole nitrogens is 1. The van der Waals surface area contributed by atoms with Gasteiger partial charge in [-0.1, -0.05) is 71.7 Å². The molecule has 4 N–H and O–H groups in total. The Hall–Kier alpha value is -2.45. The molecule has 3 aromatic rings. The summed E-state index contributed by atoms with van der Waals surface area (Å²) in [7, 11) is 0. The van der Waals surface area contributed by atoms with Crippen molar-refractivity contribution in [2.75, 3.05) is 6.67 Å². The molecule has 0 fully saturated rings. The number of hydrogen-bond donors (Lipinski definition) is 4. The SMILES string of the molecule is O=C(N[C@H](CF)[C@H](O)c1ccc(-c2ccc(CNCc3ncc[nH]3)cc2)cc1)C(Cl)Cl. The van der Waals surface area contributed by atoms with Gasteiger partial charge in [0.25, 0.3) is 5.91 Å². The monoisotopic (exact) mass is 464 g/mol. The number of aliphatic hydroxyl groups is 1. The highest BCUT2D eigenvalue weighted by atomic mass is 35.5. The molecule has 1 heterocycles. The molecule has 1 aromatic heterocycles. The molecule has 0 bridgehead atoms. The maximum atomic E-state index is 13.3. The van der Waals surface area contributed by atoms with Crippen molar-refractivity contribution in [3.05, 3.63) is 77.9 Å². The zero-order valence-electron chi connectivity index (χ0n) is 16.6. The first-order chi connectivity index (χ1) is 15.0. The van der Waals surface area contributed by atoms with Gasteiger partial charge in [0, 0.05) is 18.9 Å². The van der Waals surface area contributed by atoms with E-state index in [0.717, 1.165) is 22.5 Å². The summed E-state index contributed by atoms with van der Waals surface area (Å²) in [5.74, 6) is 0.138. The van der Waals surface area contributed by atoms with E-state index in [1.807, 2.05) is 36.4 Å². The molecule has 3 rings (SSSR count). The Morgan fingerprint density at radius 1 is 1.06 bits per heavy atom. The standard InChI is InChI=1S/C22H23Cl2FN4O2/c23-21(24)22(31)29-18(11-25)20(30)17-7-5-16(6-8-17)15-3-1-14(2-4-15)12-26-13-19-27-9-10-28-19/h1-10,18,20-21,26,30H,11-13H2,(H,27,28)(H,29,31)/t18-,20-/m1/s1. The Balaban J connectivity index is 1.59. The second-order valence-electron chi connectivity index (χ2n) is 6.97. The number of benzene rings is 2. The molecular weight excluding hydrogens is 442 g/mol. The lowest BCUT2D eigenvalue weighted by Crippen LogP contribution is -2.43. The summed E-state index contributed by atoms with van der Waals surface area (Å²) in [6.07, 6.45) is 2.29. The second kappa shape index (κ2) is 11.2. The van der Waals surface area contributed by atoms with Crippen LogP contribution in [0, 0.1) is 0 Å². The van der Waals surface area contributed by atoms with E-state index in [4.69, 9.17) is 23.2 Å². The van der Waals surface area contributed by atoms with E-state index in [2.05, 4.69) is 20.6 Å². The number of aliphatic hydroxyl groups excluding tert-OH is 1. The minimum Gasteiger partial charge on any atom is -0.386 e. The van der Waals surface area contributed by atoms with Gasteiger partial charge in [-0.2, -0.15) is 0 Å². The Bertz CT molecular complexity index is 951. The minimum atomic E-state index is -1.33. The molecule has 0 aliphatic rings. The molecule has 31 heavy (non-hydrogen) atoms. The van der Waals surface area contributed by atoms with Crippen LogP contribution in [0.5, 0.6) is 0 Å². The fraction of sp³-hybridized carbons (Fsp3) is 0.273. The molecule has 2 aromatic carbocycles. The van der Waals surface area contributed by atoms with Crippen LogP contribution >= 0.6 is 23.2 Å². The third kappa shape index (κ3) is 6.51. The van der Waals surface area contributed by atoms with Gasteiger partial charge in [0.1, 0.15) is 18.6 Å². The number of halogens is 3. The maximum Gasteiger partial charge on any atom is 0.253 e. The van der Waals surface area contributed by atoms with E-state index < -0.39 is 29.6 Å². The first kappa shape index (κ1) is 23.2. The zero-order chi connectivity index (χ0) is 22.2. The number of nitrogens with zero attached hydrogens (tertiary/aromatic N) is 1. The number of rotatable bonds is 10. The average Bonchev–Trinajstić information content (AvgIpc) is 3.31. The van der Waals surface area contributed by atoms with E-state index in [0.29, 0.717) is 18.7 Å². The number of hydrogen-bond acceptors (Lipinski definition) is 4. The van der Waals surface area contributed by atoms with Crippen molar-refractivity contribution in [3.8, 4) is 11.1 Å². The second-order valence-corrected chi connectivity index (χ2v) is 8.07. The lowest BCUT2D eigenvalue weighted by Gasteiger charge is -2.22. The van der Waals surface area contributed by atoms with Crippen LogP contribution in [0.15, 0.2) is 60.9 Å². The van der Waals surface area contributed by atoms with E-state index in [9.17, 15) is 14.3 Å². The Labute approximate surface area is 189 Å². The molecule has 6 nitrogen and oxygen atoms in total. The lowest BCUT2D eigenvalue weighted by molar-refractivity contribution is -0.121. The molecule has 164 valence electrons. The largest absolute Gasteiger partial charge is 0.386 e. The van der Waals surface area contributed by atoms with Crippen molar-refractivity contribution in [3.63, 3.8) is 0 Å². The highest BCUT2D eigenvalue weighted by Gasteiger charge is 2.25. The van der Waals surface area contributed by atoms with Gasteiger partial charge in [-0.25, -0.2) is 9.37 Å². The summed E-state index contributed by atoms with van der Waals surface area (Å²) in [5.41, 5.74) is 3.58. The Kier molecular flexibility index (Phi) is 8.43. The predicted octanol–water partition coefficient (Wildman–Crippen LogP) is 3.66. The number of carbonyl (C=O) groups is 1. The normalized spacial score (nSPS) is 13.2. The first-order valence-electron chi connectivity index (χ1n) is 9.68. The van der Waals surface area contributed by atoms with E-state index in [1.165, 1.54) is 0 Å². The molecule has 0 saturated carbocycles. The topological polar surface area (TPSA) is 90.0 Å². The fourth-order valence-electron chi connectivity index (χ4n) is 3.09. The number of amides is 1. The van der Waals surface area contributed by atoms with E-state index in [1.54, 1.807) is 24.5 Å². The van der Waals surface area contributed by atoms with Crippen LogP contribution in [0.4, 0.5) is 4.39 Å². The Morgan fingerprint density at radius 3 is 2.26 bits per heavy atom. The van der Waals surface area contributed by atoms with Gasteiger partial charge in [-0.05, 0) is 22.3 Å². The number of imidazole rings is 1. The van der Waals surface area contributed by atoms with Gasteiger partial charge in [0.15, 0.2) is 4.84 Å². The zero-order valence-corrected chi connectivity index (χ0v) is 18.1. The fourth-order valence-corrected chi connectivity index (χ4v) is 3.21. The van der Waals surface area contributed by atoms with Crippen LogP contribution in [-0.2, 0) is 17.9 Å². The van der Waals surface area contributed by atoms with E-state index in [-0.39, 0.29) is 0 Å². The third-order valence-electron chi connectivity index (χ3n) is 4.79. The van der Waals surface area contributed by atoms with E-state index >= 15 is 0 Å². The lowest BCUT2D eigenvalue weighted by atomic mass is 9.98. The quantitative estimate of drug-likeness (QED) is 0.344. The number of aromatic amines is 1. The smallest absolute Gasteiger partial charge is 0.253 e. The summed E-state index contributed by atoms with van der Waals surface area (Å²) in [5, 5.41) is 16.0. The molecule has 2 atom stereocenters. The van der Waals surface area contributed by atoms with Crippen LogP contribution < -0.4 is 10.6 Å². The number of nitrogens with one attached hydrogen (secondary N) is 3. The van der Waals surface area contributed by atoms with Crippen molar-refractivity contribution in [1.29, 1.82) is 0 Å². The van der Waals surface area contributed by atoms with Crippen LogP contribution in [0.1, 0.15) is 23.1 Å². The molecule has 0 radical (unpaired) electrons. The highest BCUT2D eigenvalue weighted by Crippen LogP contribution is 2.24. The summed E-state index contributed by atoms with van der Waals surface area (Å²) in [6, 6.07) is 14.1. The van der Waals surface area contributed by atoms with Crippen molar-refractivity contribution >= 4 is 29.1 Å². The molecule has 9 heteroatoms. The van der Waals surface area contributed by atoms with Gasteiger partial charge in [0.2, 0.25) is 0 Å². The van der Waals surface area contributed by atoms with Crippen molar-refractivity contribution in [2.24, 2.45) is 0 Å². The molecule has 0 spiro atoms. The third-order valence-corrected chi connectivity index (χ3v) is 5.19. The van der Waals surface area contributed by atoms with Crippen molar-refractivity contribution < 1.29 is 14.3 Å². The highest BCUT2D eigenvalue weighted by molar-refractivity contribution is 6.53. The predicted molar refractivity (Wildman–Crippen MR) is 119 cm³/mol. The van der Waals surface area contributed by atoms with Gasteiger partial charge in [0.05, 0.1) is 12.6 Å². The molecule has 0 saturated heterocycles. The molecule has 0 aliphatic carbocycles. The van der Waals surface area contributed by atoms with Crippen LogP contribution in [0.2, 0.25) is 0 Å². The summed E-state index contributed by atoms with van der Waals surface area (Å²) < 4.78 is 13.3. The summed E-state index contributed by atoms with van der Waals surface area (Å²) in [4.78, 5) is 17.5. The average molecular weight is 465 g/mol. The molecule has 0 unspecified atom stereocenters. The minimum absolute atomic E-state index is 0.478. The molecule has 1 amide bonds. The number of alkyl halides is 3. The van der Waals surface area contributed by atoms with Crippen molar-refractivity contribution in [1.82, 2.24) is 20.6 Å². The number of aromatic nitrogens is 2. The molecule has 0 aliphatic heterocycles. The number of carbonyl (C=O) groups excluding carboxylic acids is 1. The Morgan fingerprint density at radius 2 is 1.71 bits per heavy atom. The van der Waals surface area contributed by atoms with Gasteiger partial charge >= 0.3 is 0 Å². The van der Waals surface area contributed by atoms with Gasteiger partial charge < -0.3 is 20.7 Å². The van der Waals surface area contributed by atoms with Gasteiger partial charge in [-0.3, -0.25) is 4.79 Å². The van der Waals surface area contributed by atoms with Gasteiger partial charge in [-0.15, -0.1) is 0 Å². The summed E-state index contributed by atoms with van der Waals surface area (Å²) >= 11 is 10.9. The maximum absolute atomic E-state index is 13.3. The van der Waals surface area contributed by atoms with Crippen molar-refractivity contribution in [2.45, 2.75) is 30.1 Å². The first-order valence-corrected chi connectivity index (χ1v) is 10.6. The van der Waals surface area contributed by atoms with Crippen LogP contribution in [-0.4, -0.2) is 38.5 Å². The molecular formula is C22H23Cl2FN4O2. The van der Waals surface area contributed by atoms with Crippen LogP contribution in [0.3, 0.4) is 0 Å².